The molecule has 1 aromatic heterocycles. The third-order valence-corrected chi connectivity index (χ3v) is 3.22. The van der Waals surface area contributed by atoms with E-state index in [1.165, 1.54) is 12.1 Å². The molecule has 1 aliphatic carbocycles. The zero-order chi connectivity index (χ0) is 9.38. The molecule has 1 atom stereocenters. The standard InChI is InChI=1S/C10H15N3O/c1-2-9(10-8(1)12-7-14-10)13-5-3-11-4-6-13/h7,9,11H,1-6H2. The number of aromatic nitrogens is 1. The molecule has 0 radical (unpaired) electrons. The molecule has 1 saturated heterocycles. The van der Waals surface area contributed by atoms with Gasteiger partial charge in [-0.1, -0.05) is 0 Å². The normalized spacial score (nSPS) is 27.9. The summed E-state index contributed by atoms with van der Waals surface area (Å²) < 4.78 is 5.47. The summed E-state index contributed by atoms with van der Waals surface area (Å²) in [7, 11) is 0. The quantitative estimate of drug-likeness (QED) is 0.708. The minimum atomic E-state index is 0.495. The maximum atomic E-state index is 5.47. The number of oxazole rings is 1. The molecule has 1 fully saturated rings. The van der Waals surface area contributed by atoms with Crippen LogP contribution in [0.1, 0.15) is 23.9 Å². The molecule has 4 heteroatoms. The van der Waals surface area contributed by atoms with Crippen LogP contribution in [0.15, 0.2) is 10.8 Å². The van der Waals surface area contributed by atoms with Gasteiger partial charge in [0.1, 0.15) is 5.76 Å². The Hall–Kier alpha value is -0.870. The minimum absolute atomic E-state index is 0.495. The largest absolute Gasteiger partial charge is 0.447 e. The van der Waals surface area contributed by atoms with E-state index in [2.05, 4.69) is 15.2 Å². The number of aryl methyl sites for hydroxylation is 1. The summed E-state index contributed by atoms with van der Waals surface area (Å²) in [6.07, 6.45) is 3.85. The van der Waals surface area contributed by atoms with Gasteiger partial charge in [-0.2, -0.15) is 0 Å². The van der Waals surface area contributed by atoms with Crippen molar-refractivity contribution in [3.63, 3.8) is 0 Å². The lowest BCUT2D eigenvalue weighted by Crippen LogP contribution is -2.44. The zero-order valence-electron chi connectivity index (χ0n) is 8.20. The van der Waals surface area contributed by atoms with Crippen LogP contribution in [0.2, 0.25) is 0 Å². The summed E-state index contributed by atoms with van der Waals surface area (Å²) in [5, 5.41) is 3.37. The predicted octanol–water partition coefficient (Wildman–Crippen LogP) is 0.567. The summed E-state index contributed by atoms with van der Waals surface area (Å²) >= 11 is 0. The monoisotopic (exact) mass is 193 g/mol. The third-order valence-electron chi connectivity index (χ3n) is 3.22. The number of fused-ring (bicyclic) bond motifs is 1. The molecule has 1 aliphatic heterocycles. The van der Waals surface area contributed by atoms with Gasteiger partial charge in [0.05, 0.1) is 11.7 Å². The summed E-state index contributed by atoms with van der Waals surface area (Å²) in [5.41, 5.74) is 1.17. The first kappa shape index (κ1) is 8.44. The number of hydrogen-bond acceptors (Lipinski definition) is 4. The van der Waals surface area contributed by atoms with Crippen LogP contribution in [0.4, 0.5) is 0 Å². The smallest absolute Gasteiger partial charge is 0.181 e. The number of piperazine rings is 1. The average Bonchev–Trinajstić information content (AvgIpc) is 2.79. The lowest BCUT2D eigenvalue weighted by Gasteiger charge is -2.31. The molecule has 0 bridgehead atoms. The van der Waals surface area contributed by atoms with Crippen molar-refractivity contribution in [2.45, 2.75) is 18.9 Å². The molecule has 2 aliphatic rings. The van der Waals surface area contributed by atoms with Crippen molar-refractivity contribution >= 4 is 0 Å². The molecule has 0 aromatic carbocycles. The van der Waals surface area contributed by atoms with Gasteiger partial charge in [-0.05, 0) is 12.8 Å². The Kier molecular flexibility index (Phi) is 2.03. The number of rotatable bonds is 1. The Morgan fingerprint density at radius 2 is 2.29 bits per heavy atom. The molecule has 1 N–H and O–H groups in total. The van der Waals surface area contributed by atoms with Crippen LogP contribution < -0.4 is 5.32 Å². The van der Waals surface area contributed by atoms with E-state index in [9.17, 15) is 0 Å². The second-order valence-electron chi connectivity index (χ2n) is 4.00. The van der Waals surface area contributed by atoms with E-state index in [-0.39, 0.29) is 0 Å². The summed E-state index contributed by atoms with van der Waals surface area (Å²) in [6.45, 7) is 4.45. The highest BCUT2D eigenvalue weighted by Gasteiger charge is 2.32. The summed E-state index contributed by atoms with van der Waals surface area (Å²) in [6, 6.07) is 0.495. The second kappa shape index (κ2) is 3.37. The van der Waals surface area contributed by atoms with E-state index in [4.69, 9.17) is 4.42 Å². The van der Waals surface area contributed by atoms with E-state index in [0.29, 0.717) is 6.04 Å². The molecule has 4 nitrogen and oxygen atoms in total. The van der Waals surface area contributed by atoms with Gasteiger partial charge in [0.25, 0.3) is 0 Å². The highest BCUT2D eigenvalue weighted by atomic mass is 16.3. The third kappa shape index (κ3) is 1.26. The second-order valence-corrected chi connectivity index (χ2v) is 4.00. The molecule has 1 unspecified atom stereocenters. The van der Waals surface area contributed by atoms with Gasteiger partial charge in [0, 0.05) is 26.2 Å². The van der Waals surface area contributed by atoms with Crippen LogP contribution in [-0.2, 0) is 6.42 Å². The molecule has 2 heterocycles. The number of nitrogens with one attached hydrogen (secondary N) is 1. The maximum Gasteiger partial charge on any atom is 0.181 e. The fraction of sp³-hybridized carbons (Fsp3) is 0.700. The fourth-order valence-corrected chi connectivity index (χ4v) is 2.48. The highest BCUT2D eigenvalue weighted by Crippen LogP contribution is 2.34. The van der Waals surface area contributed by atoms with Gasteiger partial charge < -0.3 is 9.73 Å². The lowest BCUT2D eigenvalue weighted by atomic mass is 10.2. The first-order valence-corrected chi connectivity index (χ1v) is 5.32. The molecule has 14 heavy (non-hydrogen) atoms. The van der Waals surface area contributed by atoms with Gasteiger partial charge in [0.15, 0.2) is 6.39 Å². The van der Waals surface area contributed by atoms with Gasteiger partial charge in [-0.3, -0.25) is 4.90 Å². The Morgan fingerprint density at radius 1 is 1.43 bits per heavy atom. The molecule has 76 valence electrons. The van der Waals surface area contributed by atoms with E-state index < -0.39 is 0 Å². The van der Waals surface area contributed by atoms with Crippen LogP contribution in [0.3, 0.4) is 0 Å². The Bertz CT molecular complexity index is 317. The first-order chi connectivity index (χ1) is 6.95. The molecule has 0 spiro atoms. The first-order valence-electron chi connectivity index (χ1n) is 5.32. The van der Waals surface area contributed by atoms with E-state index in [0.717, 1.165) is 38.4 Å². The van der Waals surface area contributed by atoms with Gasteiger partial charge >= 0.3 is 0 Å². The zero-order valence-corrected chi connectivity index (χ0v) is 8.20. The van der Waals surface area contributed by atoms with E-state index in [1.54, 1.807) is 6.39 Å². The SMILES string of the molecule is c1nc2c(o1)C(N1CCNCC1)CC2. The summed E-state index contributed by atoms with van der Waals surface area (Å²) in [5.74, 6) is 1.12. The van der Waals surface area contributed by atoms with Crippen LogP contribution in [-0.4, -0.2) is 36.1 Å². The Balaban J connectivity index is 1.80. The molecule has 0 amide bonds. The topological polar surface area (TPSA) is 41.3 Å². The number of nitrogens with zero attached hydrogens (tertiary/aromatic N) is 2. The van der Waals surface area contributed by atoms with Gasteiger partial charge in [-0.25, -0.2) is 4.98 Å². The van der Waals surface area contributed by atoms with E-state index in [1.807, 2.05) is 0 Å². The van der Waals surface area contributed by atoms with Crippen molar-refractivity contribution < 1.29 is 4.42 Å². The maximum absolute atomic E-state index is 5.47. The van der Waals surface area contributed by atoms with Crippen LogP contribution in [0.5, 0.6) is 0 Å². The van der Waals surface area contributed by atoms with Crippen molar-refractivity contribution in [1.82, 2.24) is 15.2 Å². The van der Waals surface area contributed by atoms with Gasteiger partial charge in [-0.15, -0.1) is 0 Å². The fourth-order valence-electron chi connectivity index (χ4n) is 2.48. The van der Waals surface area contributed by atoms with Crippen molar-refractivity contribution in [2.75, 3.05) is 26.2 Å². The van der Waals surface area contributed by atoms with Crippen molar-refractivity contribution in [3.8, 4) is 0 Å². The van der Waals surface area contributed by atoms with Crippen molar-refractivity contribution in [3.05, 3.63) is 17.8 Å². The van der Waals surface area contributed by atoms with Gasteiger partial charge in [0.2, 0.25) is 0 Å². The molecule has 1 aromatic rings. The predicted molar refractivity (Wildman–Crippen MR) is 52.0 cm³/mol. The molecule has 3 rings (SSSR count). The lowest BCUT2D eigenvalue weighted by molar-refractivity contribution is 0.156. The van der Waals surface area contributed by atoms with Crippen LogP contribution >= 0.6 is 0 Å². The van der Waals surface area contributed by atoms with Crippen LogP contribution in [0.25, 0.3) is 0 Å². The number of hydrogen-bond donors (Lipinski definition) is 1. The van der Waals surface area contributed by atoms with Crippen molar-refractivity contribution in [2.24, 2.45) is 0 Å². The highest BCUT2D eigenvalue weighted by molar-refractivity contribution is 5.18. The van der Waals surface area contributed by atoms with Crippen LogP contribution in [0, 0.1) is 0 Å². The molecule has 0 saturated carbocycles. The minimum Gasteiger partial charge on any atom is -0.447 e. The average molecular weight is 193 g/mol. The van der Waals surface area contributed by atoms with E-state index >= 15 is 0 Å². The molecular formula is C10H15N3O. The Labute approximate surface area is 83.3 Å². The Morgan fingerprint density at radius 3 is 3.14 bits per heavy atom. The summed E-state index contributed by atoms with van der Waals surface area (Å²) in [4.78, 5) is 6.74. The molecular weight excluding hydrogens is 178 g/mol. The van der Waals surface area contributed by atoms with Crippen molar-refractivity contribution in [1.29, 1.82) is 0 Å².